The Balaban J connectivity index is 2.01. The number of nitrogens with zero attached hydrogens (tertiary/aromatic N) is 1. The number of sulfone groups is 1. The Morgan fingerprint density at radius 1 is 1.37 bits per heavy atom. The lowest BCUT2D eigenvalue weighted by Gasteiger charge is -2.41. The van der Waals surface area contributed by atoms with Gasteiger partial charge in [-0.05, 0) is 19.8 Å². The van der Waals surface area contributed by atoms with Crippen LogP contribution in [0.15, 0.2) is 0 Å². The minimum absolute atomic E-state index is 0.0446. The largest absolute Gasteiger partial charge is 0.355 e. The molecule has 2 fully saturated rings. The quantitative estimate of drug-likeness (QED) is 0.695. The van der Waals surface area contributed by atoms with Gasteiger partial charge in [0.25, 0.3) is 0 Å². The SMILES string of the molecule is CCNC(=O)C1CNCCN1C1CCS(=O)(=O)CC1. The Labute approximate surface area is 114 Å². The van der Waals surface area contributed by atoms with Crippen molar-refractivity contribution in [1.29, 1.82) is 0 Å². The van der Waals surface area contributed by atoms with Crippen LogP contribution in [-0.2, 0) is 14.6 Å². The number of rotatable bonds is 3. The van der Waals surface area contributed by atoms with E-state index in [1.165, 1.54) is 0 Å². The average molecular weight is 289 g/mol. The van der Waals surface area contributed by atoms with Crippen LogP contribution >= 0.6 is 0 Å². The summed E-state index contributed by atoms with van der Waals surface area (Å²) in [5.41, 5.74) is 0. The van der Waals surface area contributed by atoms with Crippen molar-refractivity contribution in [1.82, 2.24) is 15.5 Å². The number of likely N-dealkylation sites (N-methyl/N-ethyl adjacent to an activating group) is 1. The fourth-order valence-electron chi connectivity index (χ4n) is 2.90. The van der Waals surface area contributed by atoms with Crippen molar-refractivity contribution in [3.8, 4) is 0 Å². The van der Waals surface area contributed by atoms with Crippen LogP contribution in [0.3, 0.4) is 0 Å². The highest BCUT2D eigenvalue weighted by molar-refractivity contribution is 7.91. The smallest absolute Gasteiger partial charge is 0.238 e. The third-order valence-electron chi connectivity index (χ3n) is 3.93. The van der Waals surface area contributed by atoms with Crippen molar-refractivity contribution in [3.63, 3.8) is 0 Å². The number of hydrogen-bond donors (Lipinski definition) is 2. The highest BCUT2D eigenvalue weighted by Gasteiger charge is 2.36. The Hall–Kier alpha value is -0.660. The molecule has 1 atom stereocenters. The van der Waals surface area contributed by atoms with E-state index in [1.54, 1.807) is 0 Å². The summed E-state index contributed by atoms with van der Waals surface area (Å²) in [5, 5.41) is 6.10. The van der Waals surface area contributed by atoms with E-state index < -0.39 is 9.84 Å². The lowest BCUT2D eigenvalue weighted by molar-refractivity contribution is -0.128. The summed E-state index contributed by atoms with van der Waals surface area (Å²) in [7, 11) is -2.85. The maximum Gasteiger partial charge on any atom is 0.238 e. The summed E-state index contributed by atoms with van der Waals surface area (Å²) in [6, 6.07) is 0.0535. The molecule has 2 aliphatic heterocycles. The summed E-state index contributed by atoms with van der Waals surface area (Å²) < 4.78 is 23.0. The van der Waals surface area contributed by atoms with Crippen LogP contribution in [0.2, 0.25) is 0 Å². The standard InChI is InChI=1S/C12H23N3O3S/c1-2-14-12(16)11-9-13-5-6-15(11)10-3-7-19(17,18)8-4-10/h10-11,13H,2-9H2,1H3,(H,14,16). The molecule has 2 rings (SSSR count). The van der Waals surface area contributed by atoms with E-state index in [2.05, 4.69) is 15.5 Å². The van der Waals surface area contributed by atoms with Crippen molar-refractivity contribution >= 4 is 15.7 Å². The lowest BCUT2D eigenvalue weighted by Crippen LogP contribution is -2.61. The highest BCUT2D eigenvalue weighted by atomic mass is 32.2. The van der Waals surface area contributed by atoms with Gasteiger partial charge in [0.05, 0.1) is 11.5 Å². The predicted molar refractivity (Wildman–Crippen MR) is 73.7 cm³/mol. The monoisotopic (exact) mass is 289 g/mol. The number of carbonyl (C=O) groups excluding carboxylic acids is 1. The molecule has 6 nitrogen and oxygen atoms in total. The highest BCUT2D eigenvalue weighted by Crippen LogP contribution is 2.21. The van der Waals surface area contributed by atoms with E-state index in [0.29, 0.717) is 25.9 Å². The molecular formula is C12H23N3O3S. The minimum atomic E-state index is -2.85. The Bertz CT molecular complexity index is 410. The molecule has 2 saturated heterocycles. The first-order valence-corrected chi connectivity index (χ1v) is 8.80. The fraction of sp³-hybridized carbons (Fsp3) is 0.917. The van der Waals surface area contributed by atoms with Crippen molar-refractivity contribution in [3.05, 3.63) is 0 Å². The maximum absolute atomic E-state index is 12.1. The lowest BCUT2D eigenvalue weighted by atomic mass is 10.0. The molecule has 0 aliphatic carbocycles. The van der Waals surface area contributed by atoms with Gasteiger partial charge < -0.3 is 10.6 Å². The Morgan fingerprint density at radius 2 is 2.05 bits per heavy atom. The molecular weight excluding hydrogens is 266 g/mol. The second kappa shape index (κ2) is 6.19. The molecule has 0 radical (unpaired) electrons. The molecule has 0 aromatic heterocycles. The summed E-state index contributed by atoms with van der Waals surface area (Å²) in [6.07, 6.45) is 1.30. The van der Waals surface area contributed by atoms with Gasteiger partial charge in [0.15, 0.2) is 0 Å². The zero-order valence-corrected chi connectivity index (χ0v) is 12.2. The first-order valence-electron chi connectivity index (χ1n) is 6.98. The summed E-state index contributed by atoms with van der Waals surface area (Å²) in [6.45, 7) is 4.86. The van der Waals surface area contributed by atoms with Crippen LogP contribution < -0.4 is 10.6 Å². The molecule has 1 amide bonds. The third-order valence-corrected chi connectivity index (χ3v) is 5.65. The minimum Gasteiger partial charge on any atom is -0.355 e. The molecule has 110 valence electrons. The third kappa shape index (κ3) is 3.67. The number of hydrogen-bond acceptors (Lipinski definition) is 5. The van der Waals surface area contributed by atoms with Crippen LogP contribution in [0.25, 0.3) is 0 Å². The molecule has 0 spiro atoms. The van der Waals surface area contributed by atoms with Crippen molar-refractivity contribution < 1.29 is 13.2 Å². The van der Waals surface area contributed by atoms with E-state index in [0.717, 1.165) is 13.1 Å². The topological polar surface area (TPSA) is 78.5 Å². The molecule has 0 bridgehead atoms. The Morgan fingerprint density at radius 3 is 2.68 bits per heavy atom. The number of carbonyl (C=O) groups is 1. The van der Waals surface area contributed by atoms with Crippen molar-refractivity contribution in [2.45, 2.75) is 31.8 Å². The van der Waals surface area contributed by atoms with Crippen LogP contribution in [0.5, 0.6) is 0 Å². The van der Waals surface area contributed by atoms with E-state index in [1.807, 2.05) is 6.92 Å². The van der Waals surface area contributed by atoms with Gasteiger partial charge in [-0.15, -0.1) is 0 Å². The van der Waals surface area contributed by atoms with Gasteiger partial charge in [0.1, 0.15) is 15.9 Å². The van der Waals surface area contributed by atoms with Gasteiger partial charge in [-0.25, -0.2) is 8.42 Å². The van der Waals surface area contributed by atoms with Crippen molar-refractivity contribution in [2.75, 3.05) is 37.7 Å². The molecule has 0 aromatic rings. The second-order valence-electron chi connectivity index (χ2n) is 5.24. The van der Waals surface area contributed by atoms with Gasteiger partial charge in [0.2, 0.25) is 5.91 Å². The van der Waals surface area contributed by atoms with Gasteiger partial charge in [0, 0.05) is 32.2 Å². The first kappa shape index (κ1) is 14.7. The second-order valence-corrected chi connectivity index (χ2v) is 7.54. The van der Waals surface area contributed by atoms with Gasteiger partial charge >= 0.3 is 0 Å². The van der Waals surface area contributed by atoms with E-state index in [9.17, 15) is 13.2 Å². The zero-order chi connectivity index (χ0) is 13.9. The molecule has 2 heterocycles. The van der Waals surface area contributed by atoms with Crippen LogP contribution in [-0.4, -0.2) is 69.0 Å². The van der Waals surface area contributed by atoms with Crippen LogP contribution in [0, 0.1) is 0 Å². The molecule has 0 aromatic carbocycles. The summed E-state index contributed by atoms with van der Waals surface area (Å²) >= 11 is 0. The summed E-state index contributed by atoms with van der Waals surface area (Å²) in [4.78, 5) is 14.3. The summed E-state index contributed by atoms with van der Waals surface area (Å²) in [5.74, 6) is 0.552. The molecule has 19 heavy (non-hydrogen) atoms. The molecule has 2 aliphatic rings. The van der Waals surface area contributed by atoms with E-state index in [-0.39, 0.29) is 29.5 Å². The predicted octanol–water partition coefficient (Wildman–Crippen LogP) is -1.03. The zero-order valence-electron chi connectivity index (χ0n) is 11.4. The first-order chi connectivity index (χ1) is 9.03. The molecule has 7 heteroatoms. The maximum atomic E-state index is 12.1. The van der Waals surface area contributed by atoms with Crippen LogP contribution in [0.1, 0.15) is 19.8 Å². The number of amides is 1. The average Bonchev–Trinajstić information content (AvgIpc) is 2.39. The van der Waals surface area contributed by atoms with Gasteiger partial charge in [-0.2, -0.15) is 0 Å². The van der Waals surface area contributed by atoms with Crippen molar-refractivity contribution in [2.24, 2.45) is 0 Å². The number of piperazine rings is 1. The van der Waals surface area contributed by atoms with Crippen LogP contribution in [0.4, 0.5) is 0 Å². The van der Waals surface area contributed by atoms with Gasteiger partial charge in [-0.3, -0.25) is 9.69 Å². The Kier molecular flexibility index (Phi) is 4.81. The molecule has 1 unspecified atom stereocenters. The fourth-order valence-corrected chi connectivity index (χ4v) is 4.37. The van der Waals surface area contributed by atoms with E-state index in [4.69, 9.17) is 0 Å². The normalized spacial score (nSPS) is 29.0. The molecule has 0 saturated carbocycles. The van der Waals surface area contributed by atoms with Gasteiger partial charge in [-0.1, -0.05) is 0 Å². The molecule has 2 N–H and O–H groups in total. The van der Waals surface area contributed by atoms with E-state index >= 15 is 0 Å². The number of nitrogens with one attached hydrogen (secondary N) is 2.